The highest BCUT2D eigenvalue weighted by Gasteiger charge is 2.25. The van der Waals surface area contributed by atoms with Gasteiger partial charge >= 0.3 is 0 Å². The van der Waals surface area contributed by atoms with Crippen LogP contribution in [0.5, 0.6) is 17.2 Å². The zero-order chi connectivity index (χ0) is 16.3. The SMILES string of the molecule is COc1cc(S(=O)(=O)c2cnc(CN)s2)cc(OC)c1OC.Cl. The zero-order valence-electron chi connectivity index (χ0n) is 12.7. The highest BCUT2D eigenvalue weighted by Crippen LogP contribution is 2.41. The summed E-state index contributed by atoms with van der Waals surface area (Å²) in [6.45, 7) is 0.190. The number of halogens is 1. The van der Waals surface area contributed by atoms with Gasteiger partial charge < -0.3 is 19.9 Å². The standard InChI is InChI=1S/C13H16N2O5S2.ClH/c1-18-9-4-8(5-10(19-2)13(9)20-3)22(16,17)12-7-15-11(6-14)21-12;/h4-5,7H,6,14H2,1-3H3;1H. The average molecular weight is 381 g/mol. The van der Waals surface area contributed by atoms with Crippen LogP contribution in [-0.4, -0.2) is 34.7 Å². The Morgan fingerprint density at radius 1 is 1.13 bits per heavy atom. The number of sulfone groups is 1. The first kappa shape index (κ1) is 19.5. The number of rotatable bonds is 6. The van der Waals surface area contributed by atoms with Crippen LogP contribution in [-0.2, 0) is 16.4 Å². The second-order valence-corrected chi connectivity index (χ2v) is 7.43. The summed E-state index contributed by atoms with van der Waals surface area (Å²) in [5, 5.41) is 0.547. The molecule has 23 heavy (non-hydrogen) atoms. The molecule has 0 aliphatic heterocycles. The maximum Gasteiger partial charge on any atom is 0.217 e. The molecule has 0 aliphatic carbocycles. The summed E-state index contributed by atoms with van der Waals surface area (Å²) in [7, 11) is 0.563. The monoisotopic (exact) mass is 380 g/mol. The van der Waals surface area contributed by atoms with Gasteiger partial charge in [0.1, 0.15) is 9.22 Å². The van der Waals surface area contributed by atoms with Gasteiger partial charge in [0.2, 0.25) is 15.6 Å². The summed E-state index contributed by atoms with van der Waals surface area (Å²) in [4.78, 5) is 4.01. The van der Waals surface area contributed by atoms with Gasteiger partial charge in [0.25, 0.3) is 0 Å². The van der Waals surface area contributed by atoms with Crippen molar-refractivity contribution < 1.29 is 22.6 Å². The van der Waals surface area contributed by atoms with Crippen molar-refractivity contribution in [3.8, 4) is 17.2 Å². The predicted octanol–water partition coefficient (Wildman–Crippen LogP) is 1.88. The minimum absolute atomic E-state index is 0. The lowest BCUT2D eigenvalue weighted by atomic mass is 10.3. The van der Waals surface area contributed by atoms with Crippen LogP contribution in [0, 0.1) is 0 Å². The lowest BCUT2D eigenvalue weighted by molar-refractivity contribution is 0.323. The molecule has 0 atom stereocenters. The van der Waals surface area contributed by atoms with Crippen molar-refractivity contribution in [1.29, 1.82) is 0 Å². The van der Waals surface area contributed by atoms with Crippen LogP contribution in [0.4, 0.5) is 0 Å². The fourth-order valence-electron chi connectivity index (χ4n) is 1.84. The van der Waals surface area contributed by atoms with Crippen LogP contribution in [0.1, 0.15) is 5.01 Å². The van der Waals surface area contributed by atoms with Gasteiger partial charge in [0, 0.05) is 18.7 Å². The van der Waals surface area contributed by atoms with E-state index in [-0.39, 0.29) is 39.6 Å². The summed E-state index contributed by atoms with van der Waals surface area (Å²) >= 11 is 1.03. The first-order valence-electron chi connectivity index (χ1n) is 6.17. The quantitative estimate of drug-likeness (QED) is 0.816. The Hall–Kier alpha value is -1.55. The van der Waals surface area contributed by atoms with Crippen molar-refractivity contribution in [2.24, 2.45) is 5.73 Å². The first-order valence-corrected chi connectivity index (χ1v) is 8.47. The summed E-state index contributed by atoms with van der Waals surface area (Å²) < 4.78 is 41.0. The Morgan fingerprint density at radius 2 is 1.70 bits per heavy atom. The van der Waals surface area contributed by atoms with E-state index in [0.717, 1.165) is 11.3 Å². The molecule has 0 aliphatic rings. The highest BCUT2D eigenvalue weighted by molar-refractivity contribution is 7.93. The molecule has 2 aromatic rings. The average Bonchev–Trinajstić information content (AvgIpc) is 3.03. The van der Waals surface area contributed by atoms with Crippen molar-refractivity contribution in [3.63, 3.8) is 0 Å². The second-order valence-electron chi connectivity index (χ2n) is 4.14. The molecule has 10 heteroatoms. The Morgan fingerprint density at radius 3 is 2.09 bits per heavy atom. The van der Waals surface area contributed by atoms with E-state index in [1.807, 2.05) is 0 Å². The number of hydrogen-bond donors (Lipinski definition) is 1. The normalized spacial score (nSPS) is 10.8. The molecule has 2 rings (SSSR count). The summed E-state index contributed by atoms with van der Waals surface area (Å²) in [5.74, 6) is 0.865. The number of aromatic nitrogens is 1. The molecule has 0 saturated heterocycles. The maximum atomic E-state index is 12.7. The van der Waals surface area contributed by atoms with Gasteiger partial charge in [0.05, 0.1) is 32.4 Å². The molecule has 1 heterocycles. The molecular formula is C13H17ClN2O5S2. The van der Waals surface area contributed by atoms with Crippen LogP contribution < -0.4 is 19.9 Å². The smallest absolute Gasteiger partial charge is 0.217 e. The molecule has 2 N–H and O–H groups in total. The number of thiazole rings is 1. The number of hydrogen-bond acceptors (Lipinski definition) is 8. The van der Waals surface area contributed by atoms with E-state index >= 15 is 0 Å². The van der Waals surface area contributed by atoms with Crippen LogP contribution in [0.15, 0.2) is 27.4 Å². The van der Waals surface area contributed by atoms with Crippen molar-refractivity contribution >= 4 is 33.6 Å². The van der Waals surface area contributed by atoms with Gasteiger partial charge in [-0.1, -0.05) is 0 Å². The third-order valence-corrected chi connectivity index (χ3v) is 6.13. The lowest BCUT2D eigenvalue weighted by Crippen LogP contribution is -2.03. The molecule has 0 unspecified atom stereocenters. The van der Waals surface area contributed by atoms with Crippen molar-refractivity contribution in [1.82, 2.24) is 4.98 Å². The highest BCUT2D eigenvalue weighted by atomic mass is 35.5. The van der Waals surface area contributed by atoms with E-state index in [1.54, 1.807) is 0 Å². The Labute approximate surface area is 144 Å². The van der Waals surface area contributed by atoms with Crippen LogP contribution in [0.2, 0.25) is 0 Å². The minimum atomic E-state index is -3.73. The number of benzene rings is 1. The zero-order valence-corrected chi connectivity index (χ0v) is 15.2. The van der Waals surface area contributed by atoms with Gasteiger partial charge in [-0.2, -0.15) is 0 Å². The van der Waals surface area contributed by atoms with Crippen LogP contribution in [0.25, 0.3) is 0 Å². The number of methoxy groups -OCH3 is 3. The van der Waals surface area contributed by atoms with E-state index < -0.39 is 9.84 Å². The molecule has 0 spiro atoms. The third kappa shape index (κ3) is 3.69. The Balaban J connectivity index is 0.00000264. The topological polar surface area (TPSA) is 101 Å². The summed E-state index contributed by atoms with van der Waals surface area (Å²) in [5.41, 5.74) is 5.47. The molecule has 0 radical (unpaired) electrons. The van der Waals surface area contributed by atoms with E-state index in [4.69, 9.17) is 19.9 Å². The van der Waals surface area contributed by atoms with E-state index in [9.17, 15) is 8.42 Å². The Bertz CT molecular complexity index is 751. The molecule has 1 aromatic carbocycles. The molecule has 0 fully saturated rings. The lowest BCUT2D eigenvalue weighted by Gasteiger charge is -2.13. The van der Waals surface area contributed by atoms with Gasteiger partial charge in [-0.25, -0.2) is 13.4 Å². The number of nitrogens with two attached hydrogens (primary N) is 1. The molecule has 128 valence electrons. The van der Waals surface area contributed by atoms with E-state index in [0.29, 0.717) is 10.8 Å². The molecule has 0 saturated carbocycles. The molecule has 1 aromatic heterocycles. The predicted molar refractivity (Wildman–Crippen MR) is 88.8 cm³/mol. The summed E-state index contributed by atoms with van der Waals surface area (Å²) in [6.07, 6.45) is 1.30. The van der Waals surface area contributed by atoms with Gasteiger partial charge in [-0.05, 0) is 0 Å². The van der Waals surface area contributed by atoms with Crippen molar-refractivity contribution in [2.75, 3.05) is 21.3 Å². The molecule has 7 nitrogen and oxygen atoms in total. The first-order chi connectivity index (χ1) is 10.5. The number of nitrogens with zero attached hydrogens (tertiary/aromatic N) is 1. The minimum Gasteiger partial charge on any atom is -0.493 e. The number of ether oxygens (including phenoxy) is 3. The fourth-order valence-corrected chi connectivity index (χ4v) is 4.33. The Kier molecular flexibility index (Phi) is 6.63. The van der Waals surface area contributed by atoms with Gasteiger partial charge in [-0.3, -0.25) is 0 Å². The van der Waals surface area contributed by atoms with Crippen molar-refractivity contribution in [3.05, 3.63) is 23.3 Å². The van der Waals surface area contributed by atoms with Gasteiger partial charge in [-0.15, -0.1) is 23.7 Å². The summed E-state index contributed by atoms with van der Waals surface area (Å²) in [6, 6.07) is 2.77. The van der Waals surface area contributed by atoms with E-state index in [2.05, 4.69) is 4.98 Å². The van der Waals surface area contributed by atoms with E-state index in [1.165, 1.54) is 39.7 Å². The van der Waals surface area contributed by atoms with Crippen molar-refractivity contribution in [2.45, 2.75) is 15.6 Å². The second kappa shape index (κ2) is 7.82. The largest absolute Gasteiger partial charge is 0.493 e. The molecule has 0 bridgehead atoms. The van der Waals surface area contributed by atoms with Crippen LogP contribution in [0.3, 0.4) is 0 Å². The molecular weight excluding hydrogens is 364 g/mol. The molecule has 0 amide bonds. The van der Waals surface area contributed by atoms with Crippen LogP contribution >= 0.6 is 23.7 Å². The maximum absolute atomic E-state index is 12.7. The fraction of sp³-hybridized carbons (Fsp3) is 0.308. The third-order valence-electron chi connectivity index (χ3n) is 2.92. The van der Waals surface area contributed by atoms with Gasteiger partial charge in [0.15, 0.2) is 11.5 Å².